The number of nitrogens with one attached hydrogen (secondary N) is 1. The van der Waals surface area contributed by atoms with Crippen LogP contribution >= 0.6 is 0 Å². The van der Waals surface area contributed by atoms with Gasteiger partial charge in [0, 0.05) is 23.4 Å². The Morgan fingerprint density at radius 2 is 1.71 bits per heavy atom. The van der Waals surface area contributed by atoms with Gasteiger partial charge in [0.2, 0.25) is 11.8 Å². The van der Waals surface area contributed by atoms with Crippen LogP contribution in [0.25, 0.3) is 11.3 Å². The Bertz CT molecular complexity index is 1700. The molecule has 0 saturated carbocycles. The first-order valence-electron chi connectivity index (χ1n) is 13.8. The van der Waals surface area contributed by atoms with Crippen LogP contribution in [0.3, 0.4) is 0 Å². The Labute approximate surface area is 247 Å². The van der Waals surface area contributed by atoms with E-state index in [0.29, 0.717) is 17.8 Å². The van der Waals surface area contributed by atoms with Gasteiger partial charge in [-0.1, -0.05) is 51.1 Å². The van der Waals surface area contributed by atoms with E-state index in [2.05, 4.69) is 40.4 Å². The molecule has 0 aliphatic carbocycles. The lowest BCUT2D eigenvalue weighted by Gasteiger charge is -2.35. The molecule has 0 spiro atoms. The second-order valence-corrected chi connectivity index (χ2v) is 13.5. The summed E-state index contributed by atoms with van der Waals surface area (Å²) in [6.07, 6.45) is 2.30. The molecule has 0 radical (unpaired) electrons. The summed E-state index contributed by atoms with van der Waals surface area (Å²) in [5.41, 5.74) is 4.17. The van der Waals surface area contributed by atoms with Crippen molar-refractivity contribution in [3.8, 4) is 17.1 Å². The van der Waals surface area contributed by atoms with E-state index < -0.39 is 10.0 Å². The van der Waals surface area contributed by atoms with E-state index >= 15 is 0 Å². The zero-order chi connectivity index (χ0) is 30.1. The van der Waals surface area contributed by atoms with Gasteiger partial charge in [0.25, 0.3) is 15.9 Å². The maximum absolute atomic E-state index is 14.1. The van der Waals surface area contributed by atoms with Crippen LogP contribution < -0.4 is 9.46 Å². The number of fused-ring (bicyclic) bond motifs is 4. The van der Waals surface area contributed by atoms with Gasteiger partial charge in [0.05, 0.1) is 28.9 Å². The lowest BCUT2D eigenvalue weighted by molar-refractivity contribution is 0.0509. The smallest absolute Gasteiger partial charge is 0.264 e. The standard InChI is InChI=1S/C32H35N5O4S/c1-21-10-8-11-22(2)29(21)27-17-28-35-31(34-27)36-42(39,40)26-14-9-12-23(16-26)30(38)37(19-24-13-6-7-15-33-24)25(20-41-28)18-32(3,4)5/h6-17,25H,18-20H2,1-5H3,(H,34,35,36)/t25-/m1/s1. The minimum atomic E-state index is -4.13. The Kier molecular flexibility index (Phi) is 8.01. The van der Waals surface area contributed by atoms with Gasteiger partial charge in [-0.15, -0.1) is 0 Å². The number of carbonyl (C=O) groups is 1. The molecule has 4 bridgehead atoms. The van der Waals surface area contributed by atoms with Crippen molar-refractivity contribution in [2.45, 2.75) is 58.5 Å². The number of amides is 1. The normalized spacial score (nSPS) is 16.8. The van der Waals surface area contributed by atoms with Crippen molar-refractivity contribution in [2.75, 3.05) is 11.3 Å². The molecule has 2 aromatic heterocycles. The molecule has 5 rings (SSSR count). The number of ether oxygens (including phenoxy) is 1. The maximum Gasteiger partial charge on any atom is 0.264 e. The van der Waals surface area contributed by atoms with Crippen molar-refractivity contribution in [2.24, 2.45) is 5.41 Å². The van der Waals surface area contributed by atoms with Crippen molar-refractivity contribution in [1.82, 2.24) is 19.9 Å². The van der Waals surface area contributed by atoms with Crippen molar-refractivity contribution >= 4 is 21.9 Å². The van der Waals surface area contributed by atoms with E-state index in [1.807, 2.05) is 50.2 Å². The topological polar surface area (TPSA) is 114 Å². The van der Waals surface area contributed by atoms with E-state index in [9.17, 15) is 13.2 Å². The zero-order valence-corrected chi connectivity index (χ0v) is 25.3. The highest BCUT2D eigenvalue weighted by Gasteiger charge is 2.31. The van der Waals surface area contributed by atoms with Crippen molar-refractivity contribution in [3.05, 3.63) is 95.3 Å². The highest BCUT2D eigenvalue weighted by molar-refractivity contribution is 7.92. The largest absolute Gasteiger partial charge is 0.475 e. The molecule has 4 aromatic rings. The number of hydrogen-bond acceptors (Lipinski definition) is 7. The third kappa shape index (κ3) is 6.60. The number of benzene rings is 2. The average molecular weight is 586 g/mol. The van der Waals surface area contributed by atoms with Gasteiger partial charge >= 0.3 is 0 Å². The summed E-state index contributed by atoms with van der Waals surface area (Å²) in [6, 6.07) is 18.8. The van der Waals surface area contributed by atoms with E-state index in [-0.39, 0.29) is 52.8 Å². The molecule has 9 nitrogen and oxygen atoms in total. The molecule has 2 aromatic carbocycles. The Morgan fingerprint density at radius 1 is 0.976 bits per heavy atom. The molecule has 0 unspecified atom stereocenters. The minimum absolute atomic E-state index is 0.0682. The fourth-order valence-electron chi connectivity index (χ4n) is 5.21. The third-order valence-corrected chi connectivity index (χ3v) is 8.41. The molecule has 1 N–H and O–H groups in total. The van der Waals surface area contributed by atoms with Crippen LogP contribution in [0.15, 0.2) is 77.8 Å². The number of sulfonamides is 1. The summed E-state index contributed by atoms with van der Waals surface area (Å²) in [4.78, 5) is 29.3. The van der Waals surface area contributed by atoms with Gasteiger partial charge < -0.3 is 9.64 Å². The molecule has 1 aliphatic heterocycles. The number of aromatic nitrogens is 3. The number of hydrogen-bond donors (Lipinski definition) is 1. The molecule has 3 heterocycles. The summed E-state index contributed by atoms with van der Waals surface area (Å²) >= 11 is 0. The molecule has 0 saturated heterocycles. The van der Waals surface area contributed by atoms with E-state index in [0.717, 1.165) is 16.7 Å². The molecule has 0 fully saturated rings. The monoisotopic (exact) mass is 585 g/mol. The second kappa shape index (κ2) is 11.5. The highest BCUT2D eigenvalue weighted by atomic mass is 32.2. The van der Waals surface area contributed by atoms with Crippen LogP contribution in [0.2, 0.25) is 0 Å². The molecule has 10 heteroatoms. The molecular weight excluding hydrogens is 550 g/mol. The Hall–Kier alpha value is -4.31. The summed E-state index contributed by atoms with van der Waals surface area (Å²) in [6.45, 7) is 10.6. The van der Waals surface area contributed by atoms with Crippen LogP contribution in [0.5, 0.6) is 5.88 Å². The van der Waals surface area contributed by atoms with Crippen molar-refractivity contribution < 1.29 is 17.9 Å². The molecule has 1 aliphatic rings. The highest BCUT2D eigenvalue weighted by Crippen LogP contribution is 2.31. The molecule has 42 heavy (non-hydrogen) atoms. The third-order valence-electron chi connectivity index (χ3n) is 7.09. The molecule has 218 valence electrons. The molecule has 1 atom stereocenters. The van der Waals surface area contributed by atoms with Crippen LogP contribution in [-0.2, 0) is 16.6 Å². The quantitative estimate of drug-likeness (QED) is 0.322. The first kappa shape index (κ1) is 29.2. The van der Waals surface area contributed by atoms with E-state index in [1.165, 1.54) is 12.1 Å². The van der Waals surface area contributed by atoms with Crippen molar-refractivity contribution in [3.63, 3.8) is 0 Å². The van der Waals surface area contributed by atoms with Gasteiger partial charge in [-0.3, -0.25) is 9.78 Å². The number of anilines is 1. The predicted molar refractivity (Wildman–Crippen MR) is 162 cm³/mol. The second-order valence-electron chi connectivity index (χ2n) is 11.8. The zero-order valence-electron chi connectivity index (χ0n) is 24.5. The lowest BCUT2D eigenvalue weighted by Crippen LogP contribution is -2.45. The lowest BCUT2D eigenvalue weighted by atomic mass is 9.87. The fraction of sp³-hybridized carbons (Fsp3) is 0.312. The number of nitrogens with zero attached hydrogens (tertiary/aromatic N) is 4. The Morgan fingerprint density at radius 3 is 2.40 bits per heavy atom. The SMILES string of the molecule is Cc1cccc(C)c1-c1cc2nc(n1)NS(=O)(=O)c1cccc(c1)C(=O)N(Cc1ccccn1)[C@H](CC(C)(C)C)CO2. The van der Waals surface area contributed by atoms with Gasteiger partial charge in [-0.2, -0.15) is 4.98 Å². The van der Waals surface area contributed by atoms with Crippen LogP contribution in [-0.4, -0.2) is 46.8 Å². The van der Waals surface area contributed by atoms with Crippen molar-refractivity contribution in [1.29, 1.82) is 0 Å². The predicted octanol–water partition coefficient (Wildman–Crippen LogP) is 5.80. The van der Waals surface area contributed by atoms with Gasteiger partial charge in [0.1, 0.15) is 6.61 Å². The summed E-state index contributed by atoms with van der Waals surface area (Å²) < 4.78 is 35.8. The molecule has 1 amide bonds. The van der Waals surface area contributed by atoms with Gasteiger partial charge in [-0.05, 0) is 67.1 Å². The number of carbonyl (C=O) groups excluding carboxylic acids is 1. The average Bonchev–Trinajstić information content (AvgIpc) is 2.93. The number of pyridine rings is 1. The van der Waals surface area contributed by atoms with Crippen LogP contribution in [0.1, 0.15) is 54.4 Å². The number of rotatable bonds is 4. The van der Waals surface area contributed by atoms with Gasteiger partial charge in [0.15, 0.2) is 0 Å². The number of aryl methyl sites for hydroxylation is 2. The Balaban J connectivity index is 1.68. The van der Waals surface area contributed by atoms with Gasteiger partial charge in [-0.25, -0.2) is 18.1 Å². The summed E-state index contributed by atoms with van der Waals surface area (Å²) in [5.74, 6) is -0.224. The maximum atomic E-state index is 14.1. The minimum Gasteiger partial charge on any atom is -0.475 e. The van der Waals surface area contributed by atoms with Crippen LogP contribution in [0.4, 0.5) is 5.95 Å². The van der Waals surface area contributed by atoms with E-state index in [4.69, 9.17) is 4.74 Å². The van der Waals surface area contributed by atoms with E-state index in [1.54, 1.807) is 29.3 Å². The van der Waals surface area contributed by atoms with Crippen LogP contribution in [0, 0.1) is 19.3 Å². The fourth-order valence-corrected chi connectivity index (χ4v) is 6.20. The summed E-state index contributed by atoms with van der Waals surface area (Å²) in [7, 11) is -4.13. The first-order valence-corrected chi connectivity index (χ1v) is 15.3. The first-order chi connectivity index (χ1) is 19.9. The summed E-state index contributed by atoms with van der Waals surface area (Å²) in [5, 5.41) is 0. The molecular formula is C32H35N5O4S.